The number of amides is 1. The monoisotopic (exact) mass is 208 g/mol. The molecule has 0 aliphatic carbocycles. The average Bonchev–Trinajstić information content (AvgIpc) is 2.15. The lowest BCUT2D eigenvalue weighted by Gasteiger charge is -2.35. The lowest BCUT2D eigenvalue weighted by molar-refractivity contribution is 0.0676. The Morgan fingerprint density at radius 1 is 1.47 bits per heavy atom. The second kappa shape index (κ2) is 3.98. The van der Waals surface area contributed by atoms with Crippen LogP contribution in [0, 0.1) is 5.82 Å². The molecular formula is C11H13FN2O. The molecule has 0 aromatic heterocycles. The molecule has 3 nitrogen and oxygen atoms in total. The van der Waals surface area contributed by atoms with Gasteiger partial charge in [-0.25, -0.2) is 4.39 Å². The maximum absolute atomic E-state index is 13.3. The highest BCUT2D eigenvalue weighted by Gasteiger charge is 2.27. The molecule has 1 heterocycles. The van der Waals surface area contributed by atoms with Gasteiger partial charge in [0.15, 0.2) is 0 Å². The molecule has 1 saturated heterocycles. The molecule has 1 N–H and O–H groups in total. The molecule has 0 atom stereocenters. The third kappa shape index (κ3) is 1.85. The van der Waals surface area contributed by atoms with Crippen LogP contribution in [0.25, 0.3) is 0 Å². The SMILES string of the molecule is CN(C(=O)c1ccccc1F)C1CNC1. The van der Waals surface area contributed by atoms with Gasteiger partial charge in [0.2, 0.25) is 0 Å². The first-order valence-corrected chi connectivity index (χ1v) is 4.92. The predicted octanol–water partition coefficient (Wildman–Crippen LogP) is 0.869. The highest BCUT2D eigenvalue weighted by molar-refractivity contribution is 5.94. The van der Waals surface area contributed by atoms with Crippen LogP contribution in [0.5, 0.6) is 0 Å². The largest absolute Gasteiger partial charge is 0.336 e. The van der Waals surface area contributed by atoms with Crippen molar-refractivity contribution in [3.63, 3.8) is 0 Å². The molecule has 80 valence electrons. The number of carbonyl (C=O) groups excluding carboxylic acids is 1. The Hall–Kier alpha value is -1.42. The Morgan fingerprint density at radius 3 is 2.67 bits per heavy atom. The maximum atomic E-state index is 13.3. The molecule has 0 unspecified atom stereocenters. The Morgan fingerprint density at radius 2 is 2.13 bits per heavy atom. The summed E-state index contributed by atoms with van der Waals surface area (Å²) >= 11 is 0. The summed E-state index contributed by atoms with van der Waals surface area (Å²) in [6.45, 7) is 1.58. The van der Waals surface area contributed by atoms with Crippen LogP contribution in [0.3, 0.4) is 0 Å². The number of halogens is 1. The Labute approximate surface area is 87.9 Å². The standard InChI is InChI=1S/C11H13FN2O/c1-14(8-6-13-7-8)11(15)9-4-2-3-5-10(9)12/h2-5,8,13H,6-7H2,1H3. The van der Waals surface area contributed by atoms with Gasteiger partial charge in [-0.2, -0.15) is 0 Å². The third-order valence-corrected chi connectivity index (χ3v) is 2.73. The number of nitrogens with one attached hydrogen (secondary N) is 1. The zero-order valence-corrected chi connectivity index (χ0v) is 8.53. The van der Waals surface area contributed by atoms with E-state index < -0.39 is 5.82 Å². The molecule has 0 saturated carbocycles. The van der Waals surface area contributed by atoms with Crippen LogP contribution in [0.4, 0.5) is 4.39 Å². The van der Waals surface area contributed by atoms with Gasteiger partial charge < -0.3 is 10.2 Å². The summed E-state index contributed by atoms with van der Waals surface area (Å²) in [4.78, 5) is 13.5. The first-order valence-electron chi connectivity index (χ1n) is 4.92. The van der Waals surface area contributed by atoms with E-state index in [1.54, 1.807) is 24.1 Å². The van der Waals surface area contributed by atoms with Gasteiger partial charge in [0.05, 0.1) is 11.6 Å². The van der Waals surface area contributed by atoms with Crippen LogP contribution < -0.4 is 5.32 Å². The van der Waals surface area contributed by atoms with Gasteiger partial charge in [0.25, 0.3) is 5.91 Å². The van der Waals surface area contributed by atoms with Crippen molar-refractivity contribution in [1.82, 2.24) is 10.2 Å². The van der Waals surface area contributed by atoms with Crippen LogP contribution >= 0.6 is 0 Å². The van der Waals surface area contributed by atoms with Gasteiger partial charge in [-0.1, -0.05) is 12.1 Å². The number of likely N-dealkylation sites (N-methyl/N-ethyl adjacent to an activating group) is 1. The second-order valence-corrected chi connectivity index (χ2v) is 3.71. The first-order chi connectivity index (χ1) is 7.20. The van der Waals surface area contributed by atoms with Crippen molar-refractivity contribution >= 4 is 5.91 Å². The highest BCUT2D eigenvalue weighted by Crippen LogP contribution is 2.12. The lowest BCUT2D eigenvalue weighted by atomic mass is 10.1. The van der Waals surface area contributed by atoms with Crippen molar-refractivity contribution in [2.24, 2.45) is 0 Å². The molecule has 0 spiro atoms. The summed E-state index contributed by atoms with van der Waals surface area (Å²) < 4.78 is 13.3. The third-order valence-electron chi connectivity index (χ3n) is 2.73. The fourth-order valence-electron chi connectivity index (χ4n) is 1.54. The van der Waals surface area contributed by atoms with Gasteiger partial charge in [-0.15, -0.1) is 0 Å². The normalized spacial score (nSPS) is 15.9. The topological polar surface area (TPSA) is 32.3 Å². The quantitative estimate of drug-likeness (QED) is 0.782. The Balaban J connectivity index is 2.16. The van der Waals surface area contributed by atoms with E-state index in [0.29, 0.717) is 0 Å². The number of rotatable bonds is 2. The molecule has 1 aromatic rings. The number of carbonyl (C=O) groups is 1. The van der Waals surface area contributed by atoms with Crippen molar-refractivity contribution < 1.29 is 9.18 Å². The first kappa shape index (κ1) is 10.1. The van der Waals surface area contributed by atoms with Crippen LogP contribution in [0.2, 0.25) is 0 Å². The molecule has 2 rings (SSSR count). The molecule has 0 radical (unpaired) electrons. The summed E-state index contributed by atoms with van der Waals surface area (Å²) in [6, 6.07) is 6.26. The summed E-state index contributed by atoms with van der Waals surface area (Å²) in [7, 11) is 1.71. The molecule has 4 heteroatoms. The Kier molecular flexibility index (Phi) is 2.68. The van der Waals surface area contributed by atoms with Gasteiger partial charge in [0.1, 0.15) is 5.82 Å². The minimum atomic E-state index is -0.457. The zero-order valence-electron chi connectivity index (χ0n) is 8.53. The fourth-order valence-corrected chi connectivity index (χ4v) is 1.54. The van der Waals surface area contributed by atoms with E-state index in [0.717, 1.165) is 13.1 Å². The smallest absolute Gasteiger partial charge is 0.256 e. The number of hydrogen-bond acceptors (Lipinski definition) is 2. The van der Waals surface area contributed by atoms with Gasteiger partial charge in [-0.05, 0) is 12.1 Å². The molecule has 1 amide bonds. The van der Waals surface area contributed by atoms with Crippen LogP contribution in [0.1, 0.15) is 10.4 Å². The van der Waals surface area contributed by atoms with Crippen molar-refractivity contribution in [2.45, 2.75) is 6.04 Å². The van der Waals surface area contributed by atoms with Gasteiger partial charge in [-0.3, -0.25) is 4.79 Å². The zero-order chi connectivity index (χ0) is 10.8. The number of benzene rings is 1. The predicted molar refractivity (Wildman–Crippen MR) is 55.2 cm³/mol. The van der Waals surface area contributed by atoms with Crippen molar-refractivity contribution in [3.8, 4) is 0 Å². The van der Waals surface area contributed by atoms with E-state index in [4.69, 9.17) is 0 Å². The molecule has 0 bridgehead atoms. The second-order valence-electron chi connectivity index (χ2n) is 3.71. The summed E-state index contributed by atoms with van der Waals surface area (Å²) in [5.74, 6) is -0.707. The van der Waals surface area contributed by atoms with Crippen LogP contribution in [-0.2, 0) is 0 Å². The van der Waals surface area contributed by atoms with E-state index in [9.17, 15) is 9.18 Å². The fraction of sp³-hybridized carbons (Fsp3) is 0.364. The summed E-state index contributed by atoms with van der Waals surface area (Å²) in [5, 5.41) is 3.08. The molecule has 1 aliphatic rings. The minimum Gasteiger partial charge on any atom is -0.336 e. The molecule has 15 heavy (non-hydrogen) atoms. The van der Waals surface area contributed by atoms with E-state index in [-0.39, 0.29) is 17.5 Å². The average molecular weight is 208 g/mol. The lowest BCUT2D eigenvalue weighted by Crippen LogP contribution is -2.57. The minimum absolute atomic E-state index is 0.145. The maximum Gasteiger partial charge on any atom is 0.256 e. The summed E-state index contributed by atoms with van der Waals surface area (Å²) in [5.41, 5.74) is 0.145. The van der Waals surface area contributed by atoms with Crippen LogP contribution in [0.15, 0.2) is 24.3 Å². The van der Waals surface area contributed by atoms with E-state index in [2.05, 4.69) is 5.32 Å². The summed E-state index contributed by atoms with van der Waals surface area (Å²) in [6.07, 6.45) is 0. The van der Waals surface area contributed by atoms with E-state index in [1.807, 2.05) is 0 Å². The molecule has 1 aliphatic heterocycles. The van der Waals surface area contributed by atoms with E-state index >= 15 is 0 Å². The number of nitrogens with zero attached hydrogens (tertiary/aromatic N) is 1. The van der Waals surface area contributed by atoms with Crippen molar-refractivity contribution in [2.75, 3.05) is 20.1 Å². The molecule has 1 aromatic carbocycles. The van der Waals surface area contributed by atoms with Crippen LogP contribution in [-0.4, -0.2) is 37.0 Å². The Bertz CT molecular complexity index is 377. The van der Waals surface area contributed by atoms with Crippen molar-refractivity contribution in [3.05, 3.63) is 35.6 Å². The molecular weight excluding hydrogens is 195 g/mol. The van der Waals surface area contributed by atoms with Gasteiger partial charge in [0, 0.05) is 20.1 Å². The molecule has 1 fully saturated rings. The number of hydrogen-bond donors (Lipinski definition) is 1. The highest BCUT2D eigenvalue weighted by atomic mass is 19.1. The van der Waals surface area contributed by atoms with Crippen molar-refractivity contribution in [1.29, 1.82) is 0 Å². The van der Waals surface area contributed by atoms with Gasteiger partial charge >= 0.3 is 0 Å². The van der Waals surface area contributed by atoms with E-state index in [1.165, 1.54) is 12.1 Å².